The van der Waals surface area contributed by atoms with Crippen LogP contribution >= 0.6 is 15.9 Å². The highest BCUT2D eigenvalue weighted by atomic mass is 79.9. The summed E-state index contributed by atoms with van der Waals surface area (Å²) in [6, 6.07) is 15.2. The Morgan fingerprint density at radius 1 is 1.06 bits per heavy atom. The maximum absolute atomic E-state index is 5.46. The van der Waals surface area contributed by atoms with Gasteiger partial charge in [0, 0.05) is 4.47 Å². The van der Waals surface area contributed by atoms with Gasteiger partial charge in [0.1, 0.15) is 11.4 Å². The molecule has 4 heteroatoms. The molecular weight excluding hydrogens is 282 g/mol. The molecule has 3 nitrogen and oxygen atoms in total. The van der Waals surface area contributed by atoms with Crippen LogP contribution in [0.2, 0.25) is 0 Å². The third kappa shape index (κ3) is 3.14. The smallest absolute Gasteiger partial charge is 0.156 e. The number of benzene rings is 2. The number of anilines is 1. The maximum atomic E-state index is 5.46. The molecule has 0 heterocycles. The van der Waals surface area contributed by atoms with E-state index in [-0.39, 0.29) is 0 Å². The first kappa shape index (κ1) is 11.8. The molecule has 0 amide bonds. The molecule has 0 unspecified atom stereocenters. The fourth-order valence-corrected chi connectivity index (χ4v) is 1.75. The highest BCUT2D eigenvalue weighted by molar-refractivity contribution is 9.10. The number of halogens is 1. The van der Waals surface area contributed by atoms with Crippen molar-refractivity contribution in [2.75, 3.05) is 12.6 Å². The van der Waals surface area contributed by atoms with Gasteiger partial charge < -0.3 is 9.57 Å². The molecule has 0 aliphatic rings. The third-order valence-corrected chi connectivity index (χ3v) is 2.68. The lowest BCUT2D eigenvalue weighted by atomic mass is 10.3. The van der Waals surface area contributed by atoms with Crippen LogP contribution in [0.3, 0.4) is 0 Å². The van der Waals surface area contributed by atoms with Gasteiger partial charge in [-0.25, -0.2) is 5.48 Å². The van der Waals surface area contributed by atoms with Crippen LogP contribution in [-0.2, 0) is 0 Å². The van der Waals surface area contributed by atoms with Crippen LogP contribution in [0, 0.1) is 0 Å². The summed E-state index contributed by atoms with van der Waals surface area (Å²) in [6.07, 6.45) is 0. The molecule has 2 aromatic carbocycles. The highest BCUT2D eigenvalue weighted by Gasteiger charge is 2.01. The molecule has 0 atom stereocenters. The molecule has 0 aliphatic carbocycles. The summed E-state index contributed by atoms with van der Waals surface area (Å²) in [5.74, 6) is 1.47. The van der Waals surface area contributed by atoms with Crippen molar-refractivity contribution in [3.8, 4) is 11.5 Å². The Morgan fingerprint density at radius 2 is 1.88 bits per heavy atom. The molecule has 0 saturated carbocycles. The molecule has 0 aliphatic heterocycles. The van der Waals surface area contributed by atoms with Crippen molar-refractivity contribution in [3.05, 3.63) is 53.0 Å². The number of hydrogen-bond donors (Lipinski definition) is 1. The number of methoxy groups -OCH3 is 1. The molecule has 1 N–H and O–H groups in total. The van der Waals surface area contributed by atoms with Gasteiger partial charge in [0.2, 0.25) is 0 Å². The van der Waals surface area contributed by atoms with Crippen molar-refractivity contribution in [1.82, 2.24) is 0 Å². The summed E-state index contributed by atoms with van der Waals surface area (Å²) in [6.45, 7) is 0. The van der Waals surface area contributed by atoms with E-state index < -0.39 is 0 Å². The van der Waals surface area contributed by atoms with E-state index >= 15 is 0 Å². The zero-order valence-corrected chi connectivity index (χ0v) is 10.9. The topological polar surface area (TPSA) is 30.5 Å². The van der Waals surface area contributed by atoms with Crippen LogP contribution in [0.25, 0.3) is 0 Å². The van der Waals surface area contributed by atoms with Crippen molar-refractivity contribution in [2.45, 2.75) is 0 Å². The van der Waals surface area contributed by atoms with E-state index in [0.29, 0.717) is 0 Å². The molecule has 2 aromatic rings. The standard InChI is InChI=1S/C13H12BrNO2/c1-16-13-8-3-2-7-12(13)15-17-11-6-4-5-10(14)9-11/h2-9,15H,1H3. The molecule has 0 radical (unpaired) electrons. The first-order valence-electron chi connectivity index (χ1n) is 5.11. The number of nitrogens with one attached hydrogen (secondary N) is 1. The molecule has 88 valence electrons. The van der Waals surface area contributed by atoms with Gasteiger partial charge in [-0.15, -0.1) is 0 Å². The Morgan fingerprint density at radius 3 is 2.65 bits per heavy atom. The Bertz CT molecular complexity index is 502. The van der Waals surface area contributed by atoms with Crippen molar-refractivity contribution in [1.29, 1.82) is 0 Å². The molecule has 0 spiro atoms. The van der Waals surface area contributed by atoms with Gasteiger partial charge in [0.25, 0.3) is 0 Å². The largest absolute Gasteiger partial charge is 0.494 e. The molecule has 0 aromatic heterocycles. The first-order valence-corrected chi connectivity index (χ1v) is 5.90. The predicted octanol–water partition coefficient (Wildman–Crippen LogP) is 3.86. The van der Waals surface area contributed by atoms with Gasteiger partial charge in [0.05, 0.1) is 7.11 Å². The molecule has 17 heavy (non-hydrogen) atoms. The Hall–Kier alpha value is -1.68. The Balaban J connectivity index is 2.07. The fourth-order valence-electron chi connectivity index (χ4n) is 1.37. The van der Waals surface area contributed by atoms with E-state index in [1.165, 1.54) is 0 Å². The highest BCUT2D eigenvalue weighted by Crippen LogP contribution is 2.24. The lowest BCUT2D eigenvalue weighted by Crippen LogP contribution is -2.05. The second kappa shape index (κ2) is 5.59. The van der Waals surface area contributed by atoms with Gasteiger partial charge in [-0.2, -0.15) is 0 Å². The number of hydrogen-bond acceptors (Lipinski definition) is 3. The van der Waals surface area contributed by atoms with Crippen LogP contribution in [0.4, 0.5) is 5.69 Å². The third-order valence-electron chi connectivity index (χ3n) is 2.18. The quantitative estimate of drug-likeness (QED) is 0.868. The van der Waals surface area contributed by atoms with Crippen LogP contribution < -0.4 is 15.1 Å². The summed E-state index contributed by atoms with van der Waals surface area (Å²) < 4.78 is 6.17. The van der Waals surface area contributed by atoms with Crippen molar-refractivity contribution in [3.63, 3.8) is 0 Å². The van der Waals surface area contributed by atoms with Gasteiger partial charge in [0.15, 0.2) is 5.75 Å². The van der Waals surface area contributed by atoms with Crippen molar-refractivity contribution < 1.29 is 9.57 Å². The molecule has 0 bridgehead atoms. The first-order chi connectivity index (χ1) is 8.29. The van der Waals surface area contributed by atoms with Crippen molar-refractivity contribution >= 4 is 21.6 Å². The monoisotopic (exact) mass is 293 g/mol. The van der Waals surface area contributed by atoms with Crippen molar-refractivity contribution in [2.24, 2.45) is 0 Å². The summed E-state index contributed by atoms with van der Waals surface area (Å²) >= 11 is 3.38. The average Bonchev–Trinajstić information content (AvgIpc) is 2.37. The van der Waals surface area contributed by atoms with Crippen LogP contribution in [0.15, 0.2) is 53.0 Å². The Kier molecular flexibility index (Phi) is 3.88. The van der Waals surface area contributed by atoms with E-state index in [2.05, 4.69) is 21.4 Å². The second-order valence-corrected chi connectivity index (χ2v) is 4.28. The molecule has 0 saturated heterocycles. The molecule has 0 fully saturated rings. The van der Waals surface area contributed by atoms with Gasteiger partial charge >= 0.3 is 0 Å². The zero-order valence-electron chi connectivity index (χ0n) is 9.31. The van der Waals surface area contributed by atoms with E-state index in [4.69, 9.17) is 9.57 Å². The number of rotatable bonds is 4. The van der Waals surface area contributed by atoms with E-state index in [0.717, 1.165) is 21.7 Å². The molecule has 2 rings (SSSR count). The van der Waals surface area contributed by atoms with Gasteiger partial charge in [-0.05, 0) is 30.3 Å². The lowest BCUT2D eigenvalue weighted by molar-refractivity contribution is 0.385. The summed E-state index contributed by atoms with van der Waals surface area (Å²) in [7, 11) is 1.62. The lowest BCUT2D eigenvalue weighted by Gasteiger charge is -2.11. The average molecular weight is 294 g/mol. The molecular formula is C13H12BrNO2. The number of ether oxygens (including phenoxy) is 1. The zero-order chi connectivity index (χ0) is 12.1. The van der Waals surface area contributed by atoms with Crippen LogP contribution in [0.1, 0.15) is 0 Å². The van der Waals surface area contributed by atoms with E-state index in [1.807, 2.05) is 48.5 Å². The van der Waals surface area contributed by atoms with E-state index in [9.17, 15) is 0 Å². The van der Waals surface area contributed by atoms with Gasteiger partial charge in [-0.3, -0.25) is 0 Å². The van der Waals surface area contributed by atoms with Crippen LogP contribution in [-0.4, -0.2) is 7.11 Å². The fraction of sp³-hybridized carbons (Fsp3) is 0.0769. The normalized spacial score (nSPS) is 9.76. The van der Waals surface area contributed by atoms with Crippen LogP contribution in [0.5, 0.6) is 11.5 Å². The summed E-state index contributed by atoms with van der Waals surface area (Å²) in [5.41, 5.74) is 3.65. The maximum Gasteiger partial charge on any atom is 0.156 e. The second-order valence-electron chi connectivity index (χ2n) is 3.36. The summed E-state index contributed by atoms with van der Waals surface area (Å²) in [5, 5.41) is 0. The predicted molar refractivity (Wildman–Crippen MR) is 71.4 cm³/mol. The Labute approximate surface area is 108 Å². The minimum atomic E-state index is 0.727. The SMILES string of the molecule is COc1ccccc1NOc1cccc(Br)c1. The number of para-hydroxylation sites is 2. The minimum Gasteiger partial charge on any atom is -0.494 e. The van der Waals surface area contributed by atoms with Gasteiger partial charge in [-0.1, -0.05) is 34.1 Å². The minimum absolute atomic E-state index is 0.727. The summed E-state index contributed by atoms with van der Waals surface area (Å²) in [4.78, 5) is 5.46. The van der Waals surface area contributed by atoms with E-state index in [1.54, 1.807) is 7.11 Å².